The molecule has 12 nitrogen and oxygen atoms in total. The van der Waals surface area contributed by atoms with E-state index >= 15 is 0 Å². The van der Waals surface area contributed by atoms with Crippen molar-refractivity contribution in [1.82, 2.24) is 25.8 Å². The third kappa shape index (κ3) is 11.9. The summed E-state index contributed by atoms with van der Waals surface area (Å²) in [4.78, 5) is 58.3. The van der Waals surface area contributed by atoms with Gasteiger partial charge in [0.25, 0.3) is 0 Å². The van der Waals surface area contributed by atoms with Gasteiger partial charge in [-0.3, -0.25) is 19.2 Å². The van der Waals surface area contributed by atoms with Gasteiger partial charge in [0.15, 0.2) is 0 Å². The number of carbonyl (C=O) groups is 4. The largest absolute Gasteiger partial charge is 0.380 e. The van der Waals surface area contributed by atoms with Crippen LogP contribution in [-0.4, -0.2) is 124 Å². The summed E-state index contributed by atoms with van der Waals surface area (Å²) in [5, 5.41) is 8.98. The van der Waals surface area contributed by atoms with Gasteiger partial charge in [-0.15, -0.1) is 0 Å². The van der Waals surface area contributed by atoms with Gasteiger partial charge < -0.3 is 40.0 Å². The lowest BCUT2D eigenvalue weighted by molar-refractivity contribution is -0.147. The maximum atomic E-state index is 14.3. The second-order valence-electron chi connectivity index (χ2n) is 14.9. The molecule has 0 spiro atoms. The van der Waals surface area contributed by atoms with Crippen molar-refractivity contribution in [3.63, 3.8) is 0 Å². The maximum Gasteiger partial charge on any atom is 0.245 e. The topological polar surface area (TPSA) is 139 Å². The number of likely N-dealkylation sites (tertiary alicyclic amines) is 1. The molecule has 2 rings (SSSR count). The van der Waals surface area contributed by atoms with Gasteiger partial charge in [0.05, 0.1) is 48.8 Å². The van der Waals surface area contributed by atoms with Crippen LogP contribution in [0.25, 0.3) is 0 Å². The van der Waals surface area contributed by atoms with Gasteiger partial charge in [0.1, 0.15) is 11.9 Å². The molecular formula is C39H66FN5O7. The van der Waals surface area contributed by atoms with Gasteiger partial charge in [-0.25, -0.2) is 4.39 Å². The molecule has 0 aromatic heterocycles. The van der Waals surface area contributed by atoms with Gasteiger partial charge >= 0.3 is 0 Å². The fraction of sp³-hybridized carbons (Fsp3) is 0.744. The van der Waals surface area contributed by atoms with E-state index in [1.54, 1.807) is 57.2 Å². The Balaban J connectivity index is 2.27. The van der Waals surface area contributed by atoms with E-state index in [4.69, 9.17) is 14.2 Å². The molecule has 1 heterocycles. The number of nitrogens with zero attached hydrogens (tertiary/aromatic N) is 2. The Morgan fingerprint density at radius 1 is 0.942 bits per heavy atom. The van der Waals surface area contributed by atoms with Crippen LogP contribution in [0.1, 0.15) is 73.3 Å². The summed E-state index contributed by atoms with van der Waals surface area (Å²) in [5.74, 6) is -2.01. The molecular weight excluding hydrogens is 669 g/mol. The summed E-state index contributed by atoms with van der Waals surface area (Å²) in [6.07, 6.45) is 0.212. The first-order chi connectivity index (χ1) is 24.6. The highest BCUT2D eigenvalue weighted by Gasteiger charge is 2.45. The lowest BCUT2D eigenvalue weighted by atomic mass is 9.89. The average Bonchev–Trinajstić information content (AvgIpc) is 3.55. The van der Waals surface area contributed by atoms with E-state index in [0.29, 0.717) is 25.9 Å². The highest BCUT2D eigenvalue weighted by molar-refractivity contribution is 5.90. The van der Waals surface area contributed by atoms with Gasteiger partial charge in [0, 0.05) is 41.5 Å². The predicted molar refractivity (Wildman–Crippen MR) is 200 cm³/mol. The van der Waals surface area contributed by atoms with Gasteiger partial charge in [0.2, 0.25) is 23.6 Å². The summed E-state index contributed by atoms with van der Waals surface area (Å²) in [6.45, 7) is 14.2. The third-order valence-corrected chi connectivity index (χ3v) is 10.7. The summed E-state index contributed by atoms with van der Waals surface area (Å²) >= 11 is 0. The molecule has 9 atom stereocenters. The second kappa shape index (κ2) is 21.5. The minimum atomic E-state index is -0.775. The Kier molecular flexibility index (Phi) is 18.7. The van der Waals surface area contributed by atoms with Gasteiger partial charge in [-0.05, 0) is 55.3 Å². The van der Waals surface area contributed by atoms with E-state index in [2.05, 4.69) is 16.0 Å². The van der Waals surface area contributed by atoms with E-state index in [1.807, 2.05) is 41.5 Å². The van der Waals surface area contributed by atoms with Crippen molar-refractivity contribution in [1.29, 1.82) is 0 Å². The number of likely N-dealkylation sites (N-methyl/N-ethyl adjacent to an activating group) is 2. The van der Waals surface area contributed by atoms with Crippen LogP contribution < -0.4 is 16.0 Å². The molecule has 0 unspecified atom stereocenters. The number of hydrogen-bond donors (Lipinski definition) is 3. The van der Waals surface area contributed by atoms with Crippen molar-refractivity contribution in [2.75, 3.05) is 48.5 Å². The van der Waals surface area contributed by atoms with Crippen LogP contribution in [0.5, 0.6) is 0 Å². The molecule has 52 heavy (non-hydrogen) atoms. The Bertz CT molecular complexity index is 1280. The summed E-state index contributed by atoms with van der Waals surface area (Å²) in [6, 6.07) is 4.02. The average molecular weight is 736 g/mol. The molecule has 4 amide bonds. The van der Waals surface area contributed by atoms with Crippen molar-refractivity contribution in [2.45, 2.75) is 117 Å². The maximum absolute atomic E-state index is 14.3. The smallest absolute Gasteiger partial charge is 0.245 e. The van der Waals surface area contributed by atoms with Crippen molar-refractivity contribution < 1.29 is 37.8 Å². The van der Waals surface area contributed by atoms with Crippen molar-refractivity contribution in [2.24, 2.45) is 23.7 Å². The molecule has 1 aliphatic heterocycles. The molecule has 1 aromatic rings. The number of methoxy groups -OCH3 is 3. The summed E-state index contributed by atoms with van der Waals surface area (Å²) in [7, 11) is 8.13. The van der Waals surface area contributed by atoms with E-state index in [1.165, 1.54) is 19.2 Å². The molecule has 1 fully saturated rings. The Morgan fingerprint density at radius 3 is 2.06 bits per heavy atom. The first-order valence-corrected chi connectivity index (χ1v) is 18.7. The fourth-order valence-corrected chi connectivity index (χ4v) is 7.34. The Labute approximate surface area is 311 Å². The van der Waals surface area contributed by atoms with Crippen molar-refractivity contribution in [3.8, 4) is 0 Å². The number of benzene rings is 1. The van der Waals surface area contributed by atoms with Crippen molar-refractivity contribution in [3.05, 3.63) is 35.6 Å². The number of amides is 4. The zero-order valence-electron chi connectivity index (χ0n) is 33.5. The molecule has 0 aliphatic carbocycles. The van der Waals surface area contributed by atoms with E-state index < -0.39 is 42.3 Å². The van der Waals surface area contributed by atoms with E-state index in [9.17, 15) is 23.6 Å². The van der Waals surface area contributed by atoms with Crippen LogP contribution in [0.2, 0.25) is 0 Å². The molecule has 3 N–H and O–H groups in total. The fourth-order valence-electron chi connectivity index (χ4n) is 7.34. The number of hydrogen-bond acceptors (Lipinski definition) is 8. The predicted octanol–water partition coefficient (Wildman–Crippen LogP) is 3.41. The minimum absolute atomic E-state index is 0.0153. The number of nitrogens with one attached hydrogen (secondary N) is 3. The van der Waals surface area contributed by atoms with Crippen LogP contribution in [0.15, 0.2) is 24.3 Å². The zero-order valence-corrected chi connectivity index (χ0v) is 33.5. The van der Waals surface area contributed by atoms with Crippen LogP contribution in [0.4, 0.5) is 4.39 Å². The Morgan fingerprint density at radius 2 is 1.56 bits per heavy atom. The second-order valence-corrected chi connectivity index (χ2v) is 14.9. The number of halogens is 1. The molecule has 1 aliphatic rings. The first kappa shape index (κ1) is 45.0. The molecule has 0 radical (unpaired) electrons. The monoisotopic (exact) mass is 735 g/mol. The highest BCUT2D eigenvalue weighted by atomic mass is 19.1. The van der Waals surface area contributed by atoms with Crippen LogP contribution in [0, 0.1) is 29.5 Å². The van der Waals surface area contributed by atoms with Crippen LogP contribution >= 0.6 is 0 Å². The minimum Gasteiger partial charge on any atom is -0.380 e. The molecule has 0 bridgehead atoms. The third-order valence-electron chi connectivity index (χ3n) is 10.7. The number of rotatable bonds is 21. The number of carbonyl (C=O) groups excluding carboxylic acids is 4. The SMILES string of the molecule is CC[C@H](C)[C@@H]([C@H](CC(=O)N1C[C@H](OC)C[C@@H]1[C@H](OC)[C@@H](C)C(=O)NCCc1ccc(F)cc1)OC)N(C)C(=O)[C@@H](NC(=O)[C@@H](NC)C(C)C)C(C)C. The van der Waals surface area contributed by atoms with Gasteiger partial charge in [-0.2, -0.15) is 0 Å². The lowest BCUT2D eigenvalue weighted by Gasteiger charge is -2.41. The van der Waals surface area contributed by atoms with E-state index in [-0.39, 0.29) is 59.7 Å². The van der Waals surface area contributed by atoms with Crippen LogP contribution in [0.3, 0.4) is 0 Å². The molecule has 1 saturated heterocycles. The molecule has 13 heteroatoms. The molecule has 296 valence electrons. The molecule has 0 saturated carbocycles. The summed E-state index contributed by atoms with van der Waals surface area (Å²) in [5.41, 5.74) is 0.905. The number of ether oxygens (including phenoxy) is 3. The normalized spacial score (nSPS) is 20.2. The lowest BCUT2D eigenvalue weighted by Crippen LogP contribution is -2.59. The van der Waals surface area contributed by atoms with Crippen LogP contribution in [-0.2, 0) is 39.8 Å². The zero-order chi connectivity index (χ0) is 39.3. The standard InChI is InChI=1S/C39H66FN5O7/c1-13-25(6)35(44(9)39(49)34(24(4)5)43-38(48)33(41-8)23(2)3)31(51-11)21-32(46)45-22-29(50-10)20-30(45)36(52-12)26(7)37(47)42-19-18-27-14-16-28(40)17-15-27/h14-17,23-26,29-31,33-36,41H,13,18-22H2,1-12H3,(H,42,47)(H,43,48)/t25-,26+,29+,30+,31-,33-,34-,35-,36+/m0/s1. The summed E-state index contributed by atoms with van der Waals surface area (Å²) < 4.78 is 30.9. The Hall–Kier alpha value is -3.13. The highest BCUT2D eigenvalue weighted by Crippen LogP contribution is 2.31. The van der Waals surface area contributed by atoms with E-state index in [0.717, 1.165) is 12.0 Å². The first-order valence-electron chi connectivity index (χ1n) is 18.7. The van der Waals surface area contributed by atoms with Crippen molar-refractivity contribution >= 4 is 23.6 Å². The molecule has 1 aromatic carbocycles. The van der Waals surface area contributed by atoms with Gasteiger partial charge in [-0.1, -0.05) is 67.0 Å². The quantitative estimate of drug-likeness (QED) is 0.175.